The second-order valence-electron chi connectivity index (χ2n) is 5.79. The Morgan fingerprint density at radius 1 is 1.37 bits per heavy atom. The number of methoxy groups -OCH3 is 1. The van der Waals surface area contributed by atoms with Crippen LogP contribution in [0.2, 0.25) is 0 Å². The van der Waals surface area contributed by atoms with Crippen molar-refractivity contribution in [1.29, 1.82) is 0 Å². The molecule has 0 radical (unpaired) electrons. The van der Waals surface area contributed by atoms with Gasteiger partial charge in [-0.2, -0.15) is 0 Å². The Bertz CT molecular complexity index is 460. The van der Waals surface area contributed by atoms with E-state index in [2.05, 4.69) is 30.4 Å². The minimum absolute atomic E-state index is 0.324. The van der Waals surface area contributed by atoms with Crippen molar-refractivity contribution in [2.24, 2.45) is 5.92 Å². The Kier molecular flexibility index (Phi) is 3.50. The molecule has 0 saturated carbocycles. The highest BCUT2D eigenvalue weighted by molar-refractivity contribution is 5.39. The van der Waals surface area contributed by atoms with Gasteiger partial charge in [-0.25, -0.2) is 0 Å². The van der Waals surface area contributed by atoms with E-state index in [1.165, 1.54) is 30.4 Å². The lowest BCUT2D eigenvalue weighted by atomic mass is 9.80. The highest BCUT2D eigenvalue weighted by Crippen LogP contribution is 2.46. The van der Waals surface area contributed by atoms with Gasteiger partial charge in [0.1, 0.15) is 5.75 Å². The number of hydrogen-bond acceptors (Lipinski definition) is 3. The number of fused-ring (bicyclic) bond motifs is 2. The Balaban J connectivity index is 1.91. The molecular formula is C16H23NO2. The summed E-state index contributed by atoms with van der Waals surface area (Å²) in [5, 5.41) is 3.49. The third-order valence-electron chi connectivity index (χ3n) is 4.61. The molecular weight excluding hydrogens is 238 g/mol. The van der Waals surface area contributed by atoms with Crippen LogP contribution in [0.25, 0.3) is 0 Å². The fourth-order valence-corrected chi connectivity index (χ4v) is 3.72. The standard InChI is InChI=1S/C16H23NO2/c1-10-4-6-14(18-3)12(8-10)16(17-2)13-9-11-5-7-15(13)19-11/h4,6,8,11,13,15-17H,5,7,9H2,1-3H3. The van der Waals surface area contributed by atoms with Crippen LogP contribution in [0.5, 0.6) is 5.75 Å². The number of ether oxygens (including phenoxy) is 2. The SMILES string of the molecule is CNC(c1cc(C)ccc1OC)C1CC2CCC1O2. The van der Waals surface area contributed by atoms with Gasteiger partial charge in [0.15, 0.2) is 0 Å². The molecule has 0 aromatic heterocycles. The molecule has 0 spiro atoms. The molecule has 104 valence electrons. The molecule has 3 rings (SSSR count). The van der Waals surface area contributed by atoms with Crippen molar-refractivity contribution in [3.8, 4) is 5.75 Å². The summed E-state index contributed by atoms with van der Waals surface area (Å²) >= 11 is 0. The van der Waals surface area contributed by atoms with Crippen molar-refractivity contribution in [1.82, 2.24) is 5.32 Å². The van der Waals surface area contributed by atoms with Gasteiger partial charge in [-0.05, 0) is 39.3 Å². The van der Waals surface area contributed by atoms with E-state index in [9.17, 15) is 0 Å². The normalized spacial score (nSPS) is 30.6. The van der Waals surface area contributed by atoms with Gasteiger partial charge in [-0.1, -0.05) is 17.7 Å². The molecule has 0 aliphatic carbocycles. The number of rotatable bonds is 4. The summed E-state index contributed by atoms with van der Waals surface area (Å²) in [6, 6.07) is 6.74. The lowest BCUT2D eigenvalue weighted by Crippen LogP contribution is -2.32. The van der Waals surface area contributed by atoms with Crippen LogP contribution in [-0.2, 0) is 4.74 Å². The van der Waals surface area contributed by atoms with Gasteiger partial charge in [0.05, 0.1) is 19.3 Å². The summed E-state index contributed by atoms with van der Waals surface area (Å²) in [7, 11) is 3.79. The number of benzene rings is 1. The van der Waals surface area contributed by atoms with Crippen molar-refractivity contribution >= 4 is 0 Å². The van der Waals surface area contributed by atoms with Gasteiger partial charge in [0.2, 0.25) is 0 Å². The van der Waals surface area contributed by atoms with E-state index in [1.54, 1.807) is 7.11 Å². The maximum atomic E-state index is 6.01. The maximum Gasteiger partial charge on any atom is 0.123 e. The Morgan fingerprint density at radius 2 is 2.21 bits per heavy atom. The molecule has 2 aliphatic heterocycles. The molecule has 1 N–H and O–H groups in total. The molecule has 2 aliphatic rings. The highest BCUT2D eigenvalue weighted by Gasteiger charge is 2.44. The van der Waals surface area contributed by atoms with Crippen molar-refractivity contribution in [3.05, 3.63) is 29.3 Å². The summed E-state index contributed by atoms with van der Waals surface area (Å²) < 4.78 is 11.6. The van der Waals surface area contributed by atoms with E-state index >= 15 is 0 Å². The van der Waals surface area contributed by atoms with E-state index in [-0.39, 0.29) is 0 Å². The van der Waals surface area contributed by atoms with Gasteiger partial charge >= 0.3 is 0 Å². The van der Waals surface area contributed by atoms with Crippen LogP contribution in [-0.4, -0.2) is 26.4 Å². The summed E-state index contributed by atoms with van der Waals surface area (Å²) in [4.78, 5) is 0. The first kappa shape index (κ1) is 12.9. The first-order chi connectivity index (χ1) is 9.22. The van der Waals surface area contributed by atoms with Crippen LogP contribution in [0, 0.1) is 12.8 Å². The van der Waals surface area contributed by atoms with Gasteiger partial charge in [0, 0.05) is 17.5 Å². The van der Waals surface area contributed by atoms with Crippen LogP contribution in [0.4, 0.5) is 0 Å². The summed E-state index contributed by atoms with van der Waals surface area (Å²) in [5.74, 6) is 1.55. The lowest BCUT2D eigenvalue weighted by Gasteiger charge is -2.29. The minimum Gasteiger partial charge on any atom is -0.496 e. The smallest absolute Gasteiger partial charge is 0.123 e. The molecule has 4 atom stereocenters. The predicted octanol–water partition coefficient (Wildman–Crippen LogP) is 2.83. The molecule has 0 amide bonds. The van der Waals surface area contributed by atoms with Crippen molar-refractivity contribution < 1.29 is 9.47 Å². The van der Waals surface area contributed by atoms with Crippen LogP contribution >= 0.6 is 0 Å². The zero-order valence-electron chi connectivity index (χ0n) is 12.0. The third kappa shape index (κ3) is 2.26. The zero-order valence-corrected chi connectivity index (χ0v) is 12.0. The van der Waals surface area contributed by atoms with Gasteiger partial charge in [-0.15, -0.1) is 0 Å². The summed E-state index contributed by atoms with van der Waals surface area (Å²) in [5.41, 5.74) is 2.55. The first-order valence-corrected chi connectivity index (χ1v) is 7.20. The second kappa shape index (κ2) is 5.14. The highest BCUT2D eigenvalue weighted by atomic mass is 16.5. The molecule has 3 heteroatoms. The molecule has 1 aromatic carbocycles. The fraction of sp³-hybridized carbons (Fsp3) is 0.625. The lowest BCUT2D eigenvalue weighted by molar-refractivity contribution is 0.0861. The number of nitrogens with one attached hydrogen (secondary N) is 1. The van der Waals surface area contributed by atoms with Gasteiger partial charge in [-0.3, -0.25) is 0 Å². The van der Waals surface area contributed by atoms with Crippen LogP contribution < -0.4 is 10.1 Å². The molecule has 2 saturated heterocycles. The summed E-state index contributed by atoms with van der Waals surface area (Å²) in [6.07, 6.45) is 4.53. The third-order valence-corrected chi connectivity index (χ3v) is 4.61. The molecule has 1 aromatic rings. The van der Waals surface area contributed by atoms with E-state index < -0.39 is 0 Å². The summed E-state index contributed by atoms with van der Waals surface area (Å²) in [6.45, 7) is 2.13. The quantitative estimate of drug-likeness (QED) is 0.904. The van der Waals surface area contributed by atoms with Crippen molar-refractivity contribution in [2.75, 3.05) is 14.2 Å². The average Bonchev–Trinajstić information content (AvgIpc) is 3.03. The molecule has 2 fully saturated rings. The second-order valence-corrected chi connectivity index (χ2v) is 5.79. The predicted molar refractivity (Wildman–Crippen MR) is 75.5 cm³/mol. The maximum absolute atomic E-state index is 6.01. The Morgan fingerprint density at radius 3 is 2.79 bits per heavy atom. The van der Waals surface area contributed by atoms with E-state index in [1.807, 2.05) is 7.05 Å². The molecule has 4 unspecified atom stereocenters. The van der Waals surface area contributed by atoms with Crippen LogP contribution in [0.15, 0.2) is 18.2 Å². The Labute approximate surface area is 115 Å². The van der Waals surface area contributed by atoms with Crippen molar-refractivity contribution in [2.45, 2.75) is 44.4 Å². The van der Waals surface area contributed by atoms with Crippen LogP contribution in [0.3, 0.4) is 0 Å². The van der Waals surface area contributed by atoms with E-state index in [4.69, 9.17) is 9.47 Å². The fourth-order valence-electron chi connectivity index (χ4n) is 3.72. The zero-order chi connectivity index (χ0) is 13.4. The van der Waals surface area contributed by atoms with E-state index in [0.29, 0.717) is 24.2 Å². The van der Waals surface area contributed by atoms with Crippen molar-refractivity contribution in [3.63, 3.8) is 0 Å². The minimum atomic E-state index is 0.324. The first-order valence-electron chi connectivity index (χ1n) is 7.20. The van der Waals surface area contributed by atoms with Gasteiger partial charge < -0.3 is 14.8 Å². The largest absolute Gasteiger partial charge is 0.496 e. The topological polar surface area (TPSA) is 30.5 Å². The average molecular weight is 261 g/mol. The monoisotopic (exact) mass is 261 g/mol. The van der Waals surface area contributed by atoms with Crippen LogP contribution in [0.1, 0.15) is 36.4 Å². The Hall–Kier alpha value is -1.06. The van der Waals surface area contributed by atoms with Gasteiger partial charge in [0.25, 0.3) is 0 Å². The molecule has 3 nitrogen and oxygen atoms in total. The molecule has 19 heavy (non-hydrogen) atoms. The molecule has 2 bridgehead atoms. The number of aryl methyl sites for hydroxylation is 1. The molecule has 2 heterocycles. The van der Waals surface area contributed by atoms with E-state index in [0.717, 1.165) is 5.75 Å². The number of hydrogen-bond donors (Lipinski definition) is 1.